The maximum absolute atomic E-state index is 11.5. The number of benzene rings is 1. The van der Waals surface area contributed by atoms with E-state index in [-0.39, 0.29) is 5.69 Å². The van der Waals surface area contributed by atoms with Crippen LogP contribution in [0.15, 0.2) is 46.1 Å². The molecule has 84 valence electrons. The molecule has 0 aliphatic rings. The summed E-state index contributed by atoms with van der Waals surface area (Å²) in [7, 11) is 0. The van der Waals surface area contributed by atoms with Crippen LogP contribution in [0, 0.1) is 0 Å². The fourth-order valence-electron chi connectivity index (χ4n) is 1.73. The third-order valence-corrected chi connectivity index (χ3v) is 2.90. The third-order valence-electron chi connectivity index (χ3n) is 2.47. The molecule has 0 unspecified atom stereocenters. The number of halogens is 1. The Labute approximate surface area is 104 Å². The molecule has 0 aliphatic heterocycles. The second-order valence-corrected chi connectivity index (χ2v) is 4.45. The first-order valence-corrected chi connectivity index (χ1v) is 5.72. The first-order valence-electron chi connectivity index (χ1n) is 4.92. The van der Waals surface area contributed by atoms with Gasteiger partial charge in [0.25, 0.3) is 0 Å². The summed E-state index contributed by atoms with van der Waals surface area (Å²) >= 11 is 3.37. The van der Waals surface area contributed by atoms with Crippen molar-refractivity contribution < 1.29 is 0 Å². The van der Waals surface area contributed by atoms with Crippen molar-refractivity contribution in [2.45, 2.75) is 0 Å². The Morgan fingerprint density at radius 3 is 3.00 bits per heavy atom. The second-order valence-electron chi connectivity index (χ2n) is 3.53. The molecule has 0 atom stereocenters. The van der Waals surface area contributed by atoms with Crippen LogP contribution in [0.2, 0.25) is 0 Å². The molecule has 1 aromatic carbocycles. The molecule has 5 nitrogen and oxygen atoms in total. The number of para-hydroxylation sites is 1. The van der Waals surface area contributed by atoms with Gasteiger partial charge in [0.1, 0.15) is 6.33 Å². The Bertz CT molecular complexity index is 746. The van der Waals surface area contributed by atoms with Crippen LogP contribution in [-0.2, 0) is 0 Å². The molecule has 0 aliphatic carbocycles. The van der Waals surface area contributed by atoms with E-state index in [9.17, 15) is 4.79 Å². The minimum atomic E-state index is -0.276. The van der Waals surface area contributed by atoms with Crippen LogP contribution in [-0.4, -0.2) is 19.7 Å². The van der Waals surface area contributed by atoms with Crippen LogP contribution >= 0.6 is 15.9 Å². The lowest BCUT2D eigenvalue weighted by Gasteiger charge is -2.04. The van der Waals surface area contributed by atoms with E-state index in [4.69, 9.17) is 0 Å². The van der Waals surface area contributed by atoms with Gasteiger partial charge in [0.2, 0.25) is 0 Å². The summed E-state index contributed by atoms with van der Waals surface area (Å²) in [5, 5.41) is 7.04. The van der Waals surface area contributed by atoms with Crippen LogP contribution in [0.4, 0.5) is 0 Å². The van der Waals surface area contributed by atoms with E-state index < -0.39 is 0 Å². The van der Waals surface area contributed by atoms with Gasteiger partial charge in [0.05, 0.1) is 11.2 Å². The van der Waals surface area contributed by atoms with Crippen molar-refractivity contribution in [3.05, 3.63) is 51.7 Å². The zero-order valence-electron chi connectivity index (χ0n) is 8.59. The number of fused-ring (bicyclic) bond motifs is 1. The van der Waals surface area contributed by atoms with E-state index in [1.807, 2.05) is 24.3 Å². The minimum Gasteiger partial charge on any atom is -0.253 e. The Hall–Kier alpha value is -1.95. The van der Waals surface area contributed by atoms with Gasteiger partial charge in [-0.05, 0) is 28.1 Å². The van der Waals surface area contributed by atoms with Gasteiger partial charge in [-0.25, -0.2) is 14.5 Å². The van der Waals surface area contributed by atoms with Gasteiger partial charge >= 0.3 is 5.69 Å². The molecule has 0 amide bonds. The predicted octanol–water partition coefficient (Wildman–Crippen LogP) is 1.87. The van der Waals surface area contributed by atoms with Crippen LogP contribution in [0.25, 0.3) is 16.6 Å². The first-order chi connectivity index (χ1) is 8.25. The molecule has 3 aromatic rings. The fourth-order valence-corrected chi connectivity index (χ4v) is 2.08. The smallest absolute Gasteiger partial charge is 0.253 e. The maximum atomic E-state index is 11.5. The Morgan fingerprint density at radius 1 is 1.35 bits per heavy atom. The first kappa shape index (κ1) is 10.2. The number of H-pyrrole nitrogens is 1. The lowest BCUT2D eigenvalue weighted by atomic mass is 10.2. The molecular weight excluding hydrogens is 284 g/mol. The van der Waals surface area contributed by atoms with E-state index in [0.717, 1.165) is 15.4 Å². The molecule has 0 fully saturated rings. The van der Waals surface area contributed by atoms with Gasteiger partial charge in [-0.2, -0.15) is 5.10 Å². The molecule has 0 radical (unpaired) electrons. The number of aromatic amines is 1. The minimum absolute atomic E-state index is 0.276. The van der Waals surface area contributed by atoms with Crippen molar-refractivity contribution in [1.82, 2.24) is 19.7 Å². The highest BCUT2D eigenvalue weighted by atomic mass is 79.9. The van der Waals surface area contributed by atoms with Crippen molar-refractivity contribution in [2.24, 2.45) is 0 Å². The largest absolute Gasteiger partial charge is 0.347 e. The molecular formula is C11H7BrN4O. The lowest BCUT2D eigenvalue weighted by molar-refractivity contribution is 0.986. The molecule has 2 heterocycles. The Morgan fingerprint density at radius 2 is 2.24 bits per heavy atom. The summed E-state index contributed by atoms with van der Waals surface area (Å²) in [6.45, 7) is 0. The topological polar surface area (TPSA) is 63.6 Å². The van der Waals surface area contributed by atoms with Gasteiger partial charge in [-0.3, -0.25) is 4.98 Å². The molecule has 0 saturated carbocycles. The van der Waals surface area contributed by atoms with E-state index in [1.54, 1.807) is 6.20 Å². The number of hydrogen-bond acceptors (Lipinski definition) is 3. The number of pyridine rings is 1. The van der Waals surface area contributed by atoms with E-state index in [1.165, 1.54) is 10.9 Å². The molecule has 0 saturated heterocycles. The highest BCUT2D eigenvalue weighted by Crippen LogP contribution is 2.21. The number of aromatic nitrogens is 4. The Balaban J connectivity index is 2.38. The van der Waals surface area contributed by atoms with Crippen molar-refractivity contribution in [3.8, 4) is 5.69 Å². The fraction of sp³-hybridized carbons (Fsp3) is 0. The average molecular weight is 291 g/mol. The van der Waals surface area contributed by atoms with E-state index in [2.05, 4.69) is 31.1 Å². The SMILES string of the molecule is O=c1[nH]ncn1-c1cccc2cc(Br)cnc12. The summed E-state index contributed by atoms with van der Waals surface area (Å²) in [6, 6.07) is 7.62. The van der Waals surface area contributed by atoms with Gasteiger partial charge in [0.15, 0.2) is 0 Å². The van der Waals surface area contributed by atoms with Crippen LogP contribution in [0.1, 0.15) is 0 Å². The van der Waals surface area contributed by atoms with E-state index >= 15 is 0 Å². The molecule has 0 spiro atoms. The molecule has 1 N–H and O–H groups in total. The normalized spacial score (nSPS) is 10.9. The number of nitrogens with zero attached hydrogens (tertiary/aromatic N) is 3. The second kappa shape index (κ2) is 3.81. The molecule has 2 aromatic heterocycles. The maximum Gasteiger partial charge on any atom is 0.347 e. The number of nitrogens with one attached hydrogen (secondary N) is 1. The highest BCUT2D eigenvalue weighted by molar-refractivity contribution is 9.10. The summed E-state index contributed by atoms with van der Waals surface area (Å²) in [4.78, 5) is 15.9. The quantitative estimate of drug-likeness (QED) is 0.744. The molecule has 0 bridgehead atoms. The van der Waals surface area contributed by atoms with Crippen molar-refractivity contribution in [1.29, 1.82) is 0 Å². The zero-order valence-corrected chi connectivity index (χ0v) is 10.2. The summed E-state index contributed by atoms with van der Waals surface area (Å²) in [6.07, 6.45) is 3.15. The molecule has 6 heteroatoms. The number of hydrogen-bond donors (Lipinski definition) is 1. The van der Waals surface area contributed by atoms with Crippen molar-refractivity contribution in [3.63, 3.8) is 0 Å². The molecule has 17 heavy (non-hydrogen) atoms. The van der Waals surface area contributed by atoms with Gasteiger partial charge in [0, 0.05) is 16.1 Å². The third kappa shape index (κ3) is 1.66. The van der Waals surface area contributed by atoms with Crippen LogP contribution in [0.5, 0.6) is 0 Å². The monoisotopic (exact) mass is 290 g/mol. The lowest BCUT2D eigenvalue weighted by Crippen LogP contribution is -2.14. The number of rotatable bonds is 1. The summed E-state index contributed by atoms with van der Waals surface area (Å²) in [5.74, 6) is 0. The highest BCUT2D eigenvalue weighted by Gasteiger charge is 2.07. The standard InChI is InChI=1S/C11H7BrN4O/c12-8-4-7-2-1-3-9(10(7)13-5-8)16-6-14-15-11(16)17/h1-6H,(H,15,17). The van der Waals surface area contributed by atoms with E-state index in [0.29, 0.717) is 5.69 Å². The summed E-state index contributed by atoms with van der Waals surface area (Å²) in [5.41, 5.74) is 1.20. The van der Waals surface area contributed by atoms with Gasteiger partial charge in [-0.1, -0.05) is 12.1 Å². The van der Waals surface area contributed by atoms with Gasteiger partial charge in [-0.15, -0.1) is 0 Å². The predicted molar refractivity (Wildman–Crippen MR) is 67.2 cm³/mol. The van der Waals surface area contributed by atoms with Crippen molar-refractivity contribution in [2.75, 3.05) is 0 Å². The zero-order chi connectivity index (χ0) is 11.8. The molecule has 3 rings (SSSR count). The average Bonchev–Trinajstić information content (AvgIpc) is 2.74. The van der Waals surface area contributed by atoms with Crippen LogP contribution < -0.4 is 5.69 Å². The van der Waals surface area contributed by atoms with Crippen molar-refractivity contribution >= 4 is 26.8 Å². The summed E-state index contributed by atoms with van der Waals surface area (Å²) < 4.78 is 2.34. The Kier molecular flexibility index (Phi) is 2.29. The van der Waals surface area contributed by atoms with Crippen LogP contribution in [0.3, 0.4) is 0 Å². The van der Waals surface area contributed by atoms with Gasteiger partial charge < -0.3 is 0 Å².